The Morgan fingerprint density at radius 2 is 2.19 bits per heavy atom. The molecule has 1 aliphatic rings. The second-order valence-electron chi connectivity index (χ2n) is 3.47. The molecule has 0 spiro atoms. The van der Waals surface area contributed by atoms with Crippen molar-refractivity contribution in [3.8, 4) is 17.2 Å². The quantitative estimate of drug-likeness (QED) is 0.806. The molecule has 5 heteroatoms. The van der Waals surface area contributed by atoms with Crippen LogP contribution in [0.1, 0.15) is 5.56 Å². The molecular weight excluding hydrogens is 226 g/mol. The first-order valence-corrected chi connectivity index (χ1v) is 5.36. The molecule has 0 amide bonds. The summed E-state index contributed by atoms with van der Waals surface area (Å²) in [5.41, 5.74) is 6.48. The Kier molecular flexibility index (Phi) is 3.14. The van der Waals surface area contributed by atoms with E-state index < -0.39 is 0 Å². The van der Waals surface area contributed by atoms with Gasteiger partial charge in [-0.05, 0) is 17.7 Å². The number of ether oxygens (including phenoxy) is 3. The van der Waals surface area contributed by atoms with Gasteiger partial charge in [0.15, 0.2) is 11.5 Å². The van der Waals surface area contributed by atoms with Crippen LogP contribution >= 0.6 is 12.2 Å². The average Bonchev–Trinajstić information content (AvgIpc) is 2.27. The Morgan fingerprint density at radius 3 is 2.88 bits per heavy atom. The molecule has 0 atom stereocenters. The molecule has 2 N–H and O–H groups in total. The maximum atomic E-state index is 5.51. The number of benzene rings is 1. The van der Waals surface area contributed by atoms with Gasteiger partial charge in [0.25, 0.3) is 0 Å². The standard InChI is InChI=1S/C11H13NO3S/c1-13-8-4-7(6-10(12)16)5-9-11(8)15-3-2-14-9/h4-5H,2-3,6H2,1H3,(H2,12,16). The third-order valence-corrected chi connectivity index (χ3v) is 2.41. The van der Waals surface area contributed by atoms with Crippen molar-refractivity contribution < 1.29 is 14.2 Å². The van der Waals surface area contributed by atoms with Crippen molar-refractivity contribution in [2.24, 2.45) is 5.73 Å². The van der Waals surface area contributed by atoms with Crippen molar-refractivity contribution in [2.75, 3.05) is 20.3 Å². The minimum absolute atomic E-state index is 0.443. The van der Waals surface area contributed by atoms with Gasteiger partial charge in [0.05, 0.1) is 12.1 Å². The minimum atomic E-state index is 0.443. The van der Waals surface area contributed by atoms with Crippen LogP contribution in [0.5, 0.6) is 17.2 Å². The van der Waals surface area contributed by atoms with E-state index in [0.717, 1.165) is 5.56 Å². The van der Waals surface area contributed by atoms with Crippen LogP contribution < -0.4 is 19.9 Å². The molecule has 0 saturated heterocycles. The molecule has 0 bridgehead atoms. The summed E-state index contributed by atoms with van der Waals surface area (Å²) >= 11 is 4.88. The zero-order valence-electron chi connectivity index (χ0n) is 8.99. The molecule has 0 aliphatic carbocycles. The molecule has 0 radical (unpaired) electrons. The predicted molar refractivity (Wildman–Crippen MR) is 64.5 cm³/mol. The highest BCUT2D eigenvalue weighted by atomic mass is 32.1. The van der Waals surface area contributed by atoms with E-state index in [-0.39, 0.29) is 0 Å². The van der Waals surface area contributed by atoms with Gasteiger partial charge < -0.3 is 19.9 Å². The van der Waals surface area contributed by atoms with Gasteiger partial charge in [-0.2, -0.15) is 0 Å². The fourth-order valence-electron chi connectivity index (χ4n) is 1.63. The Bertz CT molecular complexity index is 403. The molecule has 86 valence electrons. The molecule has 1 heterocycles. The van der Waals surface area contributed by atoms with Crippen LogP contribution in [0.15, 0.2) is 12.1 Å². The number of thiocarbonyl (C=S) groups is 1. The highest BCUT2D eigenvalue weighted by Gasteiger charge is 2.18. The summed E-state index contributed by atoms with van der Waals surface area (Å²) in [5, 5.41) is 0. The van der Waals surface area contributed by atoms with Crippen molar-refractivity contribution in [3.05, 3.63) is 17.7 Å². The summed E-state index contributed by atoms with van der Waals surface area (Å²) in [6.45, 7) is 1.09. The first-order chi connectivity index (χ1) is 7.70. The molecule has 2 rings (SSSR count). The van der Waals surface area contributed by atoms with E-state index in [2.05, 4.69) is 0 Å². The number of nitrogens with two attached hydrogens (primary N) is 1. The van der Waals surface area contributed by atoms with E-state index in [0.29, 0.717) is 41.9 Å². The SMILES string of the molecule is COc1cc(CC(N)=S)cc2c1OCCO2. The highest BCUT2D eigenvalue weighted by Crippen LogP contribution is 2.40. The summed E-state index contributed by atoms with van der Waals surface area (Å²) in [7, 11) is 1.60. The van der Waals surface area contributed by atoms with Crippen LogP contribution in [0.3, 0.4) is 0 Å². The zero-order valence-corrected chi connectivity index (χ0v) is 9.80. The second-order valence-corrected chi connectivity index (χ2v) is 3.99. The Hall–Kier alpha value is -1.49. The van der Waals surface area contributed by atoms with Crippen LogP contribution in [-0.2, 0) is 6.42 Å². The average molecular weight is 239 g/mol. The maximum absolute atomic E-state index is 5.51. The molecule has 0 aromatic heterocycles. The van der Waals surface area contributed by atoms with E-state index in [1.165, 1.54) is 0 Å². The van der Waals surface area contributed by atoms with Crippen molar-refractivity contribution in [3.63, 3.8) is 0 Å². The lowest BCUT2D eigenvalue weighted by Crippen LogP contribution is -2.17. The van der Waals surface area contributed by atoms with Crippen LogP contribution in [0, 0.1) is 0 Å². The van der Waals surface area contributed by atoms with Crippen LogP contribution in [-0.4, -0.2) is 25.3 Å². The molecule has 0 unspecified atom stereocenters. The number of fused-ring (bicyclic) bond motifs is 1. The second kappa shape index (κ2) is 4.57. The van der Waals surface area contributed by atoms with E-state index >= 15 is 0 Å². The minimum Gasteiger partial charge on any atom is -0.493 e. The molecule has 4 nitrogen and oxygen atoms in total. The van der Waals surface area contributed by atoms with E-state index in [9.17, 15) is 0 Å². The molecule has 16 heavy (non-hydrogen) atoms. The van der Waals surface area contributed by atoms with Gasteiger partial charge in [-0.1, -0.05) is 12.2 Å². The maximum Gasteiger partial charge on any atom is 0.203 e. The summed E-state index contributed by atoms with van der Waals surface area (Å²) in [6.07, 6.45) is 0.530. The van der Waals surface area contributed by atoms with Crippen LogP contribution in [0.25, 0.3) is 0 Å². The highest BCUT2D eigenvalue weighted by molar-refractivity contribution is 7.80. The molecular formula is C11H13NO3S. The number of hydrogen-bond donors (Lipinski definition) is 1. The summed E-state index contributed by atoms with van der Waals surface area (Å²) in [5.74, 6) is 2.00. The third-order valence-electron chi connectivity index (χ3n) is 2.27. The van der Waals surface area contributed by atoms with Crippen molar-refractivity contribution in [1.82, 2.24) is 0 Å². The third kappa shape index (κ3) is 2.19. The molecule has 1 aromatic rings. The van der Waals surface area contributed by atoms with Gasteiger partial charge in [0, 0.05) is 6.42 Å². The van der Waals surface area contributed by atoms with Crippen LogP contribution in [0.4, 0.5) is 0 Å². The first-order valence-electron chi connectivity index (χ1n) is 4.95. The molecule has 1 aliphatic heterocycles. The predicted octanol–water partition coefficient (Wildman–Crippen LogP) is 1.30. The lowest BCUT2D eigenvalue weighted by Gasteiger charge is -2.21. The lowest BCUT2D eigenvalue weighted by atomic mass is 10.1. The topological polar surface area (TPSA) is 53.7 Å². The molecule has 0 fully saturated rings. The van der Waals surface area contributed by atoms with Crippen molar-refractivity contribution >= 4 is 17.2 Å². The van der Waals surface area contributed by atoms with E-state index in [1.807, 2.05) is 12.1 Å². The largest absolute Gasteiger partial charge is 0.493 e. The fraction of sp³-hybridized carbons (Fsp3) is 0.364. The first kappa shape index (κ1) is 11.0. The molecule has 1 aromatic carbocycles. The summed E-state index contributed by atoms with van der Waals surface area (Å²) < 4.78 is 16.2. The summed E-state index contributed by atoms with van der Waals surface area (Å²) in [4.78, 5) is 0.443. The summed E-state index contributed by atoms with van der Waals surface area (Å²) in [6, 6.07) is 3.75. The zero-order chi connectivity index (χ0) is 11.5. The van der Waals surface area contributed by atoms with E-state index in [1.54, 1.807) is 7.11 Å². The Morgan fingerprint density at radius 1 is 1.44 bits per heavy atom. The smallest absolute Gasteiger partial charge is 0.203 e. The van der Waals surface area contributed by atoms with Gasteiger partial charge >= 0.3 is 0 Å². The molecule has 0 saturated carbocycles. The van der Waals surface area contributed by atoms with E-state index in [4.69, 9.17) is 32.2 Å². The van der Waals surface area contributed by atoms with Gasteiger partial charge in [-0.25, -0.2) is 0 Å². The van der Waals surface area contributed by atoms with Crippen molar-refractivity contribution in [2.45, 2.75) is 6.42 Å². The van der Waals surface area contributed by atoms with Gasteiger partial charge in [-0.3, -0.25) is 0 Å². The Labute approximate surface area is 99.3 Å². The van der Waals surface area contributed by atoms with Gasteiger partial charge in [0.2, 0.25) is 5.75 Å². The van der Waals surface area contributed by atoms with Gasteiger partial charge in [0.1, 0.15) is 13.2 Å². The van der Waals surface area contributed by atoms with Gasteiger partial charge in [-0.15, -0.1) is 0 Å². The Balaban J connectivity index is 2.39. The van der Waals surface area contributed by atoms with Crippen molar-refractivity contribution in [1.29, 1.82) is 0 Å². The number of hydrogen-bond acceptors (Lipinski definition) is 4. The monoisotopic (exact) mass is 239 g/mol. The normalized spacial score (nSPS) is 13.3. The van der Waals surface area contributed by atoms with Crippen LogP contribution in [0.2, 0.25) is 0 Å². The number of rotatable bonds is 3. The number of methoxy groups -OCH3 is 1. The lowest BCUT2D eigenvalue weighted by molar-refractivity contribution is 0.165. The fourth-order valence-corrected chi connectivity index (χ4v) is 1.80.